The van der Waals surface area contributed by atoms with E-state index in [0.29, 0.717) is 14.8 Å². The molecule has 0 aromatic carbocycles. The Morgan fingerprint density at radius 1 is 1.30 bits per heavy atom. The lowest BCUT2D eigenvalue weighted by Crippen LogP contribution is -2.22. The first kappa shape index (κ1) is 13.3. The van der Waals surface area contributed by atoms with E-state index in [1.165, 1.54) is 11.8 Å². The van der Waals surface area contributed by atoms with Gasteiger partial charge in [-0.2, -0.15) is 0 Å². The standard InChI is InChI=1S/C15H11NO2S2/c1-8-3-2-4-11-10(8)6-5-9(13(11)17)7-12-14(18)16-15(19)20-12/h2-7,11H,1H3,(H,16,18,19)/b12-7-. The van der Waals surface area contributed by atoms with Crippen molar-refractivity contribution in [2.24, 2.45) is 5.92 Å². The van der Waals surface area contributed by atoms with Crippen LogP contribution in [0, 0.1) is 5.92 Å². The van der Waals surface area contributed by atoms with Crippen LogP contribution in [0.4, 0.5) is 0 Å². The normalized spacial score (nSPS) is 27.1. The molecule has 0 aromatic heterocycles. The molecule has 1 atom stereocenters. The minimum atomic E-state index is -0.238. The predicted octanol–water partition coefficient (Wildman–Crippen LogP) is 2.59. The predicted molar refractivity (Wildman–Crippen MR) is 84.0 cm³/mol. The zero-order valence-corrected chi connectivity index (χ0v) is 12.3. The molecule has 0 bridgehead atoms. The fraction of sp³-hybridized carbons (Fsp3) is 0.133. The Kier molecular flexibility index (Phi) is 3.31. The minimum absolute atomic E-state index is 0.0184. The number of thioether (sulfide) groups is 1. The molecule has 1 amide bonds. The van der Waals surface area contributed by atoms with Gasteiger partial charge in [0.15, 0.2) is 5.78 Å². The molecule has 3 rings (SSSR count). The lowest BCUT2D eigenvalue weighted by Gasteiger charge is -2.23. The molecule has 100 valence electrons. The van der Waals surface area contributed by atoms with Crippen molar-refractivity contribution in [2.45, 2.75) is 6.92 Å². The van der Waals surface area contributed by atoms with Crippen molar-refractivity contribution in [2.75, 3.05) is 0 Å². The average Bonchev–Trinajstić information content (AvgIpc) is 2.72. The fourth-order valence-electron chi connectivity index (χ4n) is 2.34. The summed E-state index contributed by atoms with van der Waals surface area (Å²) in [5.74, 6) is -0.457. The van der Waals surface area contributed by atoms with E-state index < -0.39 is 0 Å². The van der Waals surface area contributed by atoms with Crippen molar-refractivity contribution < 1.29 is 9.59 Å². The van der Waals surface area contributed by atoms with Gasteiger partial charge in [0.1, 0.15) is 4.32 Å². The van der Waals surface area contributed by atoms with Gasteiger partial charge in [-0.15, -0.1) is 0 Å². The summed E-state index contributed by atoms with van der Waals surface area (Å²) in [6.07, 6.45) is 11.1. The van der Waals surface area contributed by atoms with Crippen molar-refractivity contribution in [3.63, 3.8) is 0 Å². The number of hydrogen-bond acceptors (Lipinski definition) is 4. The highest BCUT2D eigenvalue weighted by molar-refractivity contribution is 8.26. The van der Waals surface area contributed by atoms with E-state index in [4.69, 9.17) is 12.2 Å². The number of fused-ring (bicyclic) bond motifs is 1. The van der Waals surface area contributed by atoms with Gasteiger partial charge in [-0.3, -0.25) is 9.59 Å². The van der Waals surface area contributed by atoms with E-state index in [1.807, 2.05) is 31.2 Å². The second-order valence-electron chi connectivity index (χ2n) is 4.67. The Morgan fingerprint density at radius 2 is 2.10 bits per heavy atom. The minimum Gasteiger partial charge on any atom is -0.307 e. The van der Waals surface area contributed by atoms with Crippen molar-refractivity contribution in [3.05, 3.63) is 58.1 Å². The quantitative estimate of drug-likeness (QED) is 0.597. The van der Waals surface area contributed by atoms with Crippen LogP contribution in [0.25, 0.3) is 0 Å². The molecular weight excluding hydrogens is 290 g/mol. The summed E-state index contributed by atoms with van der Waals surface area (Å²) in [4.78, 5) is 24.6. The first-order valence-electron chi connectivity index (χ1n) is 6.12. The van der Waals surface area contributed by atoms with Gasteiger partial charge in [0.25, 0.3) is 5.91 Å². The van der Waals surface area contributed by atoms with E-state index in [9.17, 15) is 9.59 Å². The molecule has 0 aromatic rings. The van der Waals surface area contributed by atoms with E-state index in [0.717, 1.165) is 11.1 Å². The number of amides is 1. The van der Waals surface area contributed by atoms with E-state index in [1.54, 1.807) is 12.2 Å². The van der Waals surface area contributed by atoms with E-state index >= 15 is 0 Å². The third kappa shape index (κ3) is 2.23. The highest BCUT2D eigenvalue weighted by Crippen LogP contribution is 2.33. The number of allylic oxidation sites excluding steroid dienone is 9. The third-order valence-corrected chi connectivity index (χ3v) is 4.54. The molecule has 0 radical (unpaired) electrons. The van der Waals surface area contributed by atoms with Crippen molar-refractivity contribution in [1.29, 1.82) is 0 Å². The van der Waals surface area contributed by atoms with E-state index in [2.05, 4.69) is 5.32 Å². The number of ketones is 1. The Labute approximate surface area is 126 Å². The summed E-state index contributed by atoms with van der Waals surface area (Å²) >= 11 is 6.12. The molecule has 2 aliphatic carbocycles. The lowest BCUT2D eigenvalue weighted by atomic mass is 9.80. The highest BCUT2D eigenvalue weighted by atomic mass is 32.2. The van der Waals surface area contributed by atoms with Crippen molar-refractivity contribution in [1.82, 2.24) is 5.32 Å². The highest BCUT2D eigenvalue weighted by Gasteiger charge is 2.29. The fourth-order valence-corrected chi connectivity index (χ4v) is 3.38. The number of nitrogens with one attached hydrogen (secondary N) is 1. The van der Waals surface area contributed by atoms with Crippen LogP contribution in [0.2, 0.25) is 0 Å². The second kappa shape index (κ2) is 5.00. The lowest BCUT2D eigenvalue weighted by molar-refractivity contribution is -0.116. The van der Waals surface area contributed by atoms with Gasteiger partial charge in [-0.1, -0.05) is 54.4 Å². The van der Waals surface area contributed by atoms with Crippen LogP contribution >= 0.6 is 24.0 Å². The smallest absolute Gasteiger partial charge is 0.263 e. The summed E-state index contributed by atoms with van der Waals surface area (Å²) in [5.41, 5.74) is 2.67. The molecular formula is C15H11NO2S2. The van der Waals surface area contributed by atoms with Crippen molar-refractivity contribution >= 4 is 40.0 Å². The molecule has 1 unspecified atom stereocenters. The molecule has 5 heteroatoms. The summed E-state index contributed by atoms with van der Waals surface area (Å²) in [7, 11) is 0. The number of rotatable bonds is 1. The first-order valence-corrected chi connectivity index (χ1v) is 7.35. The van der Waals surface area contributed by atoms with Crippen LogP contribution < -0.4 is 5.32 Å². The van der Waals surface area contributed by atoms with Gasteiger partial charge in [-0.25, -0.2) is 0 Å². The van der Waals surface area contributed by atoms with Crippen LogP contribution in [-0.4, -0.2) is 16.0 Å². The largest absolute Gasteiger partial charge is 0.307 e. The molecule has 0 saturated carbocycles. The SMILES string of the molecule is CC1=CC=CC2C(=O)C(/C=C3\SC(=S)NC3=O)=CC=C12. The maximum absolute atomic E-state index is 12.5. The first-order chi connectivity index (χ1) is 9.56. The zero-order valence-electron chi connectivity index (χ0n) is 10.7. The number of carbonyl (C=O) groups excluding carboxylic acids is 2. The maximum Gasteiger partial charge on any atom is 0.263 e. The molecule has 1 heterocycles. The molecule has 20 heavy (non-hydrogen) atoms. The second-order valence-corrected chi connectivity index (χ2v) is 6.39. The number of carbonyl (C=O) groups is 2. The van der Waals surface area contributed by atoms with Crippen molar-refractivity contribution in [3.8, 4) is 0 Å². The zero-order chi connectivity index (χ0) is 14.3. The topological polar surface area (TPSA) is 46.2 Å². The summed E-state index contributed by atoms with van der Waals surface area (Å²) in [5, 5.41) is 2.54. The van der Waals surface area contributed by atoms with Gasteiger partial charge in [-0.05, 0) is 24.1 Å². The van der Waals surface area contributed by atoms with Crippen LogP contribution in [0.3, 0.4) is 0 Å². The van der Waals surface area contributed by atoms with Gasteiger partial charge < -0.3 is 5.32 Å². The molecule has 3 aliphatic rings. The molecule has 1 fully saturated rings. The Balaban J connectivity index is 1.96. The van der Waals surface area contributed by atoms with Gasteiger partial charge in [0.05, 0.1) is 10.8 Å². The summed E-state index contributed by atoms with van der Waals surface area (Å²) in [6, 6.07) is 0. The Bertz CT molecular complexity index is 693. The maximum atomic E-state index is 12.5. The average molecular weight is 301 g/mol. The molecule has 1 saturated heterocycles. The van der Waals surface area contributed by atoms with Gasteiger partial charge in [0.2, 0.25) is 0 Å². The van der Waals surface area contributed by atoms with E-state index in [-0.39, 0.29) is 17.6 Å². The van der Waals surface area contributed by atoms with Gasteiger partial charge >= 0.3 is 0 Å². The number of hydrogen-bond donors (Lipinski definition) is 1. The Hall–Kier alpha value is -1.72. The Morgan fingerprint density at radius 3 is 2.80 bits per heavy atom. The molecule has 3 nitrogen and oxygen atoms in total. The van der Waals surface area contributed by atoms with Crippen LogP contribution in [0.5, 0.6) is 0 Å². The monoisotopic (exact) mass is 301 g/mol. The van der Waals surface area contributed by atoms with Gasteiger partial charge in [0, 0.05) is 5.57 Å². The number of thiocarbonyl (C=S) groups is 1. The van der Waals surface area contributed by atoms with Crippen LogP contribution in [-0.2, 0) is 9.59 Å². The summed E-state index contributed by atoms with van der Waals surface area (Å²) in [6.45, 7) is 1.99. The third-order valence-electron chi connectivity index (χ3n) is 3.38. The molecule has 0 spiro atoms. The summed E-state index contributed by atoms with van der Waals surface area (Å²) < 4.78 is 0.428. The molecule has 1 N–H and O–H groups in total. The van der Waals surface area contributed by atoms with Crippen LogP contribution in [0.15, 0.2) is 58.1 Å². The molecule has 1 aliphatic heterocycles. The van der Waals surface area contributed by atoms with Crippen LogP contribution in [0.1, 0.15) is 6.92 Å². The number of Topliss-reactive ketones (excluding diaryl/α,β-unsaturated/α-hetero) is 1.